The first-order valence-electron chi connectivity index (χ1n) is 8.07. The summed E-state index contributed by atoms with van der Waals surface area (Å²) in [7, 11) is 0. The smallest absolute Gasteiger partial charge is 0.270 e. The maximum absolute atomic E-state index is 12.6. The lowest BCUT2D eigenvalue weighted by atomic mass is 10.2. The van der Waals surface area contributed by atoms with Crippen LogP contribution in [0.5, 0.6) is 5.75 Å². The van der Waals surface area contributed by atoms with Crippen molar-refractivity contribution in [1.82, 2.24) is 4.98 Å². The Kier molecular flexibility index (Phi) is 4.46. The van der Waals surface area contributed by atoms with Gasteiger partial charge in [0.05, 0.1) is 21.1 Å². The van der Waals surface area contributed by atoms with Crippen LogP contribution in [0.4, 0.5) is 10.8 Å². The molecule has 0 bridgehead atoms. The molecule has 0 aliphatic carbocycles. The van der Waals surface area contributed by atoms with E-state index in [1.807, 2.05) is 25.1 Å². The number of para-hydroxylation sites is 1. The highest BCUT2D eigenvalue weighted by molar-refractivity contribution is 7.23. The molecule has 7 nitrogen and oxygen atoms in total. The quantitative estimate of drug-likeness (QED) is 0.373. The number of carbonyl (C=O) groups excluding carboxylic acids is 1. The van der Waals surface area contributed by atoms with Crippen LogP contribution in [0.25, 0.3) is 20.3 Å². The number of thiazole rings is 1. The van der Waals surface area contributed by atoms with E-state index in [1.54, 1.807) is 12.1 Å². The van der Waals surface area contributed by atoms with Gasteiger partial charge in [-0.2, -0.15) is 0 Å². The van der Waals surface area contributed by atoms with Crippen LogP contribution >= 0.6 is 22.7 Å². The van der Waals surface area contributed by atoms with Gasteiger partial charge in [0, 0.05) is 22.2 Å². The number of ether oxygens (including phenoxy) is 1. The molecule has 2 aromatic heterocycles. The first-order chi connectivity index (χ1) is 13.0. The molecule has 1 N–H and O–H groups in total. The number of carbonyl (C=O) groups is 1. The number of amides is 1. The van der Waals surface area contributed by atoms with Gasteiger partial charge in [0.15, 0.2) is 5.13 Å². The molecular weight excluding hydrogens is 386 g/mol. The molecule has 0 saturated heterocycles. The van der Waals surface area contributed by atoms with Gasteiger partial charge in [0.2, 0.25) is 0 Å². The predicted octanol–water partition coefficient (Wildman–Crippen LogP) is 5.07. The fraction of sp³-hybridized carbons (Fsp3) is 0.111. The molecule has 1 amide bonds. The fourth-order valence-electron chi connectivity index (χ4n) is 2.66. The SMILES string of the molecule is CCOc1cccc2sc(NC(=O)c3cc4cc([N+](=O)[O-])ccc4s3)nc12. The summed E-state index contributed by atoms with van der Waals surface area (Å²) in [5.74, 6) is 0.386. The van der Waals surface area contributed by atoms with Crippen molar-refractivity contribution in [3.8, 4) is 5.75 Å². The van der Waals surface area contributed by atoms with Gasteiger partial charge >= 0.3 is 0 Å². The molecule has 9 heteroatoms. The fourth-order valence-corrected chi connectivity index (χ4v) is 4.48. The minimum atomic E-state index is -0.450. The van der Waals surface area contributed by atoms with E-state index in [-0.39, 0.29) is 11.6 Å². The maximum Gasteiger partial charge on any atom is 0.270 e. The lowest BCUT2D eigenvalue weighted by molar-refractivity contribution is -0.384. The molecule has 2 heterocycles. The van der Waals surface area contributed by atoms with Gasteiger partial charge in [-0.1, -0.05) is 17.4 Å². The summed E-state index contributed by atoms with van der Waals surface area (Å²) in [6.45, 7) is 2.44. The summed E-state index contributed by atoms with van der Waals surface area (Å²) in [4.78, 5) is 28.0. The highest BCUT2D eigenvalue weighted by Crippen LogP contribution is 2.33. The molecule has 0 aliphatic heterocycles. The second-order valence-corrected chi connectivity index (χ2v) is 7.71. The molecule has 4 aromatic rings. The minimum absolute atomic E-state index is 0.00175. The number of nitrogens with zero attached hydrogens (tertiary/aromatic N) is 2. The Morgan fingerprint density at radius 1 is 1.22 bits per heavy atom. The minimum Gasteiger partial charge on any atom is -0.492 e. The Hall–Kier alpha value is -3.04. The average molecular weight is 399 g/mol. The van der Waals surface area contributed by atoms with Crippen molar-refractivity contribution >= 4 is 59.7 Å². The van der Waals surface area contributed by atoms with Crippen molar-refractivity contribution < 1.29 is 14.5 Å². The number of fused-ring (bicyclic) bond motifs is 2. The third-order valence-corrected chi connectivity index (χ3v) is 5.89. The highest BCUT2D eigenvalue weighted by Gasteiger charge is 2.16. The van der Waals surface area contributed by atoms with Crippen LogP contribution in [0.1, 0.15) is 16.6 Å². The zero-order chi connectivity index (χ0) is 19.0. The van der Waals surface area contributed by atoms with Crippen LogP contribution in [0.15, 0.2) is 42.5 Å². The number of thiophene rings is 1. The number of hydrogen-bond acceptors (Lipinski definition) is 7. The largest absolute Gasteiger partial charge is 0.492 e. The number of benzene rings is 2. The van der Waals surface area contributed by atoms with Crippen molar-refractivity contribution in [3.63, 3.8) is 0 Å². The lowest BCUT2D eigenvalue weighted by Gasteiger charge is -2.02. The second-order valence-electron chi connectivity index (χ2n) is 5.60. The number of rotatable bonds is 5. The maximum atomic E-state index is 12.6. The Morgan fingerprint density at radius 2 is 2.07 bits per heavy atom. The number of nitro benzene ring substituents is 1. The number of anilines is 1. The summed E-state index contributed by atoms with van der Waals surface area (Å²) in [6.07, 6.45) is 0. The third kappa shape index (κ3) is 3.34. The van der Waals surface area contributed by atoms with E-state index < -0.39 is 4.92 Å². The molecule has 0 radical (unpaired) electrons. The number of nitrogens with one attached hydrogen (secondary N) is 1. The Balaban J connectivity index is 1.62. The molecule has 27 heavy (non-hydrogen) atoms. The summed E-state index contributed by atoms with van der Waals surface area (Å²) in [5, 5.41) is 14.8. The zero-order valence-electron chi connectivity index (χ0n) is 14.1. The van der Waals surface area contributed by atoms with Crippen molar-refractivity contribution in [2.75, 3.05) is 11.9 Å². The van der Waals surface area contributed by atoms with Gasteiger partial charge < -0.3 is 4.74 Å². The normalized spacial score (nSPS) is 11.0. The monoisotopic (exact) mass is 399 g/mol. The number of aromatic nitrogens is 1. The van der Waals surface area contributed by atoms with Gasteiger partial charge in [0.25, 0.3) is 11.6 Å². The van der Waals surface area contributed by atoms with E-state index in [0.29, 0.717) is 33.3 Å². The van der Waals surface area contributed by atoms with Crippen LogP contribution in [0, 0.1) is 10.1 Å². The zero-order valence-corrected chi connectivity index (χ0v) is 15.7. The molecule has 0 aliphatic rings. The van der Waals surface area contributed by atoms with E-state index in [4.69, 9.17) is 4.74 Å². The molecule has 0 spiro atoms. The number of hydrogen-bond donors (Lipinski definition) is 1. The molecule has 0 unspecified atom stereocenters. The summed E-state index contributed by atoms with van der Waals surface area (Å²) < 4.78 is 7.30. The van der Waals surface area contributed by atoms with Crippen molar-refractivity contribution in [2.45, 2.75) is 6.92 Å². The van der Waals surface area contributed by atoms with Gasteiger partial charge in [0.1, 0.15) is 11.3 Å². The molecule has 0 saturated carbocycles. The van der Waals surface area contributed by atoms with E-state index in [9.17, 15) is 14.9 Å². The Bertz CT molecular complexity index is 1180. The Morgan fingerprint density at radius 3 is 2.85 bits per heavy atom. The summed E-state index contributed by atoms with van der Waals surface area (Å²) >= 11 is 2.65. The molecular formula is C18H13N3O4S2. The standard InChI is InChI=1S/C18H13N3O4S2/c1-2-25-12-4-3-5-14-16(12)19-18(27-14)20-17(22)15-9-10-8-11(21(23)24)6-7-13(10)26-15/h3-9H,2H2,1H3,(H,19,20,22). The van der Waals surface area contributed by atoms with Crippen molar-refractivity contribution in [3.05, 3.63) is 57.5 Å². The Labute approximate surface area is 161 Å². The van der Waals surface area contributed by atoms with Crippen molar-refractivity contribution in [1.29, 1.82) is 0 Å². The summed E-state index contributed by atoms with van der Waals surface area (Å²) in [5.41, 5.74) is 0.716. The molecule has 136 valence electrons. The molecule has 2 aromatic carbocycles. The van der Waals surface area contributed by atoms with E-state index in [0.717, 1.165) is 9.40 Å². The van der Waals surface area contributed by atoms with Gasteiger partial charge in [-0.15, -0.1) is 11.3 Å². The number of nitro groups is 1. The topological polar surface area (TPSA) is 94.4 Å². The van der Waals surface area contributed by atoms with Gasteiger partial charge in [-0.05, 0) is 31.2 Å². The first-order valence-corrected chi connectivity index (χ1v) is 9.70. The molecule has 4 rings (SSSR count). The van der Waals surface area contributed by atoms with Crippen LogP contribution in [0.3, 0.4) is 0 Å². The van der Waals surface area contributed by atoms with E-state index in [2.05, 4.69) is 10.3 Å². The van der Waals surface area contributed by atoms with Crippen LogP contribution in [0.2, 0.25) is 0 Å². The van der Waals surface area contributed by atoms with Crippen molar-refractivity contribution in [2.24, 2.45) is 0 Å². The third-order valence-electron chi connectivity index (χ3n) is 3.84. The lowest BCUT2D eigenvalue weighted by Crippen LogP contribution is -2.09. The van der Waals surface area contributed by atoms with E-state index in [1.165, 1.54) is 34.8 Å². The van der Waals surface area contributed by atoms with Crippen LogP contribution < -0.4 is 10.1 Å². The molecule has 0 fully saturated rings. The summed E-state index contributed by atoms with van der Waals surface area (Å²) in [6, 6.07) is 11.9. The van der Waals surface area contributed by atoms with Gasteiger partial charge in [-0.3, -0.25) is 20.2 Å². The highest BCUT2D eigenvalue weighted by atomic mass is 32.1. The number of non-ortho nitro benzene ring substituents is 1. The molecule has 0 atom stereocenters. The van der Waals surface area contributed by atoms with Crippen LogP contribution in [-0.2, 0) is 0 Å². The van der Waals surface area contributed by atoms with Gasteiger partial charge in [-0.25, -0.2) is 4.98 Å². The first kappa shape index (κ1) is 17.4. The van der Waals surface area contributed by atoms with E-state index >= 15 is 0 Å². The predicted molar refractivity (Wildman–Crippen MR) is 107 cm³/mol. The average Bonchev–Trinajstić information content (AvgIpc) is 3.25. The van der Waals surface area contributed by atoms with Crippen LogP contribution in [-0.4, -0.2) is 22.4 Å². The second kappa shape index (κ2) is 6.93.